The maximum Gasteiger partial charge on any atom is 0.247 e. The van der Waals surface area contributed by atoms with E-state index in [0.29, 0.717) is 31.2 Å². The van der Waals surface area contributed by atoms with E-state index in [4.69, 9.17) is 8.94 Å². The smallest absolute Gasteiger partial charge is 0.247 e. The molecule has 1 aliphatic rings. The van der Waals surface area contributed by atoms with Crippen LogP contribution < -0.4 is 0 Å². The van der Waals surface area contributed by atoms with Gasteiger partial charge in [-0.15, -0.1) is 0 Å². The maximum atomic E-state index is 12.5. The number of nitrogens with zero attached hydrogens (tertiary/aromatic N) is 4. The van der Waals surface area contributed by atoms with Crippen LogP contribution in [-0.4, -0.2) is 57.4 Å². The summed E-state index contributed by atoms with van der Waals surface area (Å²) in [7, 11) is 1.75. The van der Waals surface area contributed by atoms with Crippen molar-refractivity contribution >= 4 is 11.8 Å². The van der Waals surface area contributed by atoms with E-state index in [2.05, 4.69) is 10.1 Å². The fourth-order valence-electron chi connectivity index (χ4n) is 2.86. The van der Waals surface area contributed by atoms with Crippen molar-refractivity contribution < 1.29 is 18.5 Å². The van der Waals surface area contributed by atoms with Gasteiger partial charge in [0.15, 0.2) is 0 Å². The van der Waals surface area contributed by atoms with Gasteiger partial charge in [0.1, 0.15) is 11.8 Å². The Bertz CT molecular complexity index is 735. The molecule has 0 spiro atoms. The van der Waals surface area contributed by atoms with Crippen LogP contribution in [0.15, 0.2) is 27.5 Å². The van der Waals surface area contributed by atoms with E-state index in [-0.39, 0.29) is 18.2 Å². The van der Waals surface area contributed by atoms with Gasteiger partial charge in [0.2, 0.25) is 23.5 Å². The second-order valence-corrected chi connectivity index (χ2v) is 6.35. The molecule has 0 N–H and O–H groups in total. The molecule has 0 aromatic carbocycles. The highest BCUT2D eigenvalue weighted by atomic mass is 16.5. The number of hydrogen-bond acceptors (Lipinski definition) is 6. The first-order valence-electron chi connectivity index (χ1n) is 7.81. The highest BCUT2D eigenvalue weighted by molar-refractivity contribution is 5.91. The summed E-state index contributed by atoms with van der Waals surface area (Å²) < 4.78 is 10.1. The number of piperazine rings is 1. The lowest BCUT2D eigenvalue weighted by atomic mass is 9.97. The first kappa shape index (κ1) is 16.2. The molecule has 3 heterocycles. The molecule has 0 atom stereocenters. The predicted molar refractivity (Wildman–Crippen MR) is 83.8 cm³/mol. The normalized spacial score (nSPS) is 17.4. The van der Waals surface area contributed by atoms with Crippen molar-refractivity contribution in [3.05, 3.63) is 24.5 Å². The van der Waals surface area contributed by atoms with Gasteiger partial charge < -0.3 is 18.7 Å². The van der Waals surface area contributed by atoms with Gasteiger partial charge >= 0.3 is 0 Å². The highest BCUT2D eigenvalue weighted by Gasteiger charge is 2.42. The van der Waals surface area contributed by atoms with Gasteiger partial charge in [0.25, 0.3) is 0 Å². The van der Waals surface area contributed by atoms with E-state index in [1.807, 2.05) is 0 Å². The molecule has 2 aromatic rings. The second-order valence-electron chi connectivity index (χ2n) is 6.35. The second kappa shape index (κ2) is 6.10. The first-order valence-corrected chi connectivity index (χ1v) is 7.81. The SMILES string of the molecule is CN1CCN(C(=O)CCc2nc(-c3ccoc3)no2)C(C)(C)C1=O. The number of carbonyl (C=O) groups excluding carboxylic acids is 2. The molecule has 1 aliphatic heterocycles. The van der Waals surface area contributed by atoms with Gasteiger partial charge in [0.05, 0.1) is 11.8 Å². The summed E-state index contributed by atoms with van der Waals surface area (Å²) in [6.45, 7) is 4.61. The molecule has 128 valence electrons. The predicted octanol–water partition coefficient (Wildman–Crippen LogP) is 1.34. The van der Waals surface area contributed by atoms with Gasteiger partial charge in [-0.25, -0.2) is 0 Å². The zero-order valence-corrected chi connectivity index (χ0v) is 14.0. The molecule has 8 heteroatoms. The van der Waals surface area contributed by atoms with E-state index in [1.54, 1.807) is 36.8 Å². The molecule has 0 bridgehead atoms. The Labute approximate surface area is 139 Å². The lowest BCUT2D eigenvalue weighted by molar-refractivity contribution is -0.157. The lowest BCUT2D eigenvalue weighted by Gasteiger charge is -2.44. The molecule has 0 radical (unpaired) electrons. The Kier molecular flexibility index (Phi) is 4.13. The summed E-state index contributed by atoms with van der Waals surface area (Å²) >= 11 is 0. The number of hydrogen-bond donors (Lipinski definition) is 0. The van der Waals surface area contributed by atoms with Crippen molar-refractivity contribution in [3.8, 4) is 11.4 Å². The minimum atomic E-state index is -0.832. The molecule has 8 nitrogen and oxygen atoms in total. The average molecular weight is 332 g/mol. The van der Waals surface area contributed by atoms with E-state index in [9.17, 15) is 9.59 Å². The highest BCUT2D eigenvalue weighted by Crippen LogP contribution is 2.23. The number of carbonyl (C=O) groups is 2. The largest absolute Gasteiger partial charge is 0.472 e. The Morgan fingerprint density at radius 1 is 1.38 bits per heavy atom. The molecular weight excluding hydrogens is 312 g/mol. The topological polar surface area (TPSA) is 92.7 Å². The van der Waals surface area contributed by atoms with Gasteiger partial charge in [0, 0.05) is 33.0 Å². The van der Waals surface area contributed by atoms with Crippen molar-refractivity contribution in [2.75, 3.05) is 20.1 Å². The molecule has 0 unspecified atom stereocenters. The van der Waals surface area contributed by atoms with Crippen molar-refractivity contribution in [2.24, 2.45) is 0 Å². The number of rotatable bonds is 4. The number of furan rings is 1. The van der Waals surface area contributed by atoms with Crippen LogP contribution in [0.25, 0.3) is 11.4 Å². The standard InChI is InChI=1S/C16H20N4O4/c1-16(2)15(22)19(3)7-8-20(16)13(21)5-4-12-17-14(18-24-12)11-6-9-23-10-11/h6,9-10H,4-5,7-8H2,1-3H3. The molecular formula is C16H20N4O4. The van der Waals surface area contributed by atoms with E-state index >= 15 is 0 Å². The molecule has 0 aliphatic carbocycles. The summed E-state index contributed by atoms with van der Waals surface area (Å²) in [6.07, 6.45) is 3.60. The van der Waals surface area contributed by atoms with Crippen molar-refractivity contribution in [3.63, 3.8) is 0 Å². The van der Waals surface area contributed by atoms with Crippen LogP contribution >= 0.6 is 0 Å². The minimum Gasteiger partial charge on any atom is -0.472 e. The fourth-order valence-corrected chi connectivity index (χ4v) is 2.86. The summed E-state index contributed by atoms with van der Waals surface area (Å²) in [5.41, 5.74) is -0.108. The summed E-state index contributed by atoms with van der Waals surface area (Å²) in [5, 5.41) is 3.87. The molecule has 0 saturated carbocycles. The van der Waals surface area contributed by atoms with Gasteiger partial charge in [-0.3, -0.25) is 9.59 Å². The number of aryl methyl sites for hydroxylation is 1. The Morgan fingerprint density at radius 2 is 2.17 bits per heavy atom. The van der Waals surface area contributed by atoms with Crippen LogP contribution in [-0.2, 0) is 16.0 Å². The Hall–Kier alpha value is -2.64. The molecule has 24 heavy (non-hydrogen) atoms. The third-order valence-corrected chi connectivity index (χ3v) is 4.31. The maximum absolute atomic E-state index is 12.5. The molecule has 2 aromatic heterocycles. The van der Waals surface area contributed by atoms with Crippen molar-refractivity contribution in [1.82, 2.24) is 19.9 Å². The summed E-state index contributed by atoms with van der Waals surface area (Å²) in [6, 6.07) is 1.73. The monoisotopic (exact) mass is 332 g/mol. The van der Waals surface area contributed by atoms with Gasteiger partial charge in [-0.05, 0) is 19.9 Å². The average Bonchev–Trinajstić information content (AvgIpc) is 3.21. The molecule has 2 amide bonds. The van der Waals surface area contributed by atoms with Crippen molar-refractivity contribution in [2.45, 2.75) is 32.2 Å². The van der Waals surface area contributed by atoms with Crippen LogP contribution in [0.1, 0.15) is 26.2 Å². The summed E-state index contributed by atoms with van der Waals surface area (Å²) in [4.78, 5) is 32.3. The van der Waals surface area contributed by atoms with Crippen LogP contribution in [0, 0.1) is 0 Å². The van der Waals surface area contributed by atoms with Gasteiger partial charge in [-0.2, -0.15) is 4.98 Å². The molecule has 1 fully saturated rings. The number of amides is 2. The van der Waals surface area contributed by atoms with Crippen LogP contribution in [0.4, 0.5) is 0 Å². The molecule has 3 rings (SSSR count). The Balaban J connectivity index is 1.62. The minimum absolute atomic E-state index is 0.0536. The first-order chi connectivity index (χ1) is 11.4. The lowest BCUT2D eigenvalue weighted by Crippen LogP contribution is -2.63. The van der Waals surface area contributed by atoms with E-state index in [1.165, 1.54) is 12.5 Å². The number of likely N-dealkylation sites (N-methyl/N-ethyl adjacent to an activating group) is 1. The van der Waals surface area contributed by atoms with Crippen LogP contribution in [0.3, 0.4) is 0 Å². The quantitative estimate of drug-likeness (QED) is 0.839. The van der Waals surface area contributed by atoms with E-state index in [0.717, 1.165) is 5.56 Å². The van der Waals surface area contributed by atoms with E-state index < -0.39 is 5.54 Å². The summed E-state index contributed by atoms with van der Waals surface area (Å²) in [5.74, 6) is 0.672. The Morgan fingerprint density at radius 3 is 2.88 bits per heavy atom. The van der Waals surface area contributed by atoms with Gasteiger partial charge in [-0.1, -0.05) is 5.16 Å². The fraction of sp³-hybridized carbons (Fsp3) is 0.500. The third-order valence-electron chi connectivity index (χ3n) is 4.31. The van der Waals surface area contributed by atoms with Crippen LogP contribution in [0.2, 0.25) is 0 Å². The third kappa shape index (κ3) is 2.91. The zero-order valence-electron chi connectivity index (χ0n) is 14.0. The zero-order chi connectivity index (χ0) is 17.3. The van der Waals surface area contributed by atoms with Crippen molar-refractivity contribution in [1.29, 1.82) is 0 Å². The number of aromatic nitrogens is 2. The van der Waals surface area contributed by atoms with Crippen LogP contribution in [0.5, 0.6) is 0 Å². The molecule has 1 saturated heterocycles.